The van der Waals surface area contributed by atoms with Crippen molar-refractivity contribution in [2.45, 2.75) is 39.5 Å². The van der Waals surface area contributed by atoms with E-state index in [0.29, 0.717) is 12.5 Å². The van der Waals surface area contributed by atoms with Gasteiger partial charge in [0.25, 0.3) is 0 Å². The van der Waals surface area contributed by atoms with Gasteiger partial charge in [-0.2, -0.15) is 0 Å². The molecule has 1 rings (SSSR count). The number of aliphatic hydroxyl groups excluding tert-OH is 1. The maximum atomic E-state index is 9.24. The molecule has 0 saturated heterocycles. The molecule has 0 aliphatic carbocycles. The fourth-order valence-corrected chi connectivity index (χ4v) is 2.20. The minimum absolute atomic E-state index is 0.192. The first-order chi connectivity index (χ1) is 8.12. The van der Waals surface area contributed by atoms with Crippen LogP contribution in [0.2, 0.25) is 0 Å². The normalized spacial score (nSPS) is 14.6. The van der Waals surface area contributed by atoms with Crippen LogP contribution >= 0.6 is 0 Å². The first-order valence-corrected chi connectivity index (χ1v) is 6.50. The van der Waals surface area contributed by atoms with Crippen LogP contribution in [0.4, 0.5) is 0 Å². The molecule has 1 aromatic rings. The van der Waals surface area contributed by atoms with Gasteiger partial charge in [0.05, 0.1) is 0 Å². The molecule has 0 bridgehead atoms. The van der Waals surface area contributed by atoms with E-state index in [1.54, 1.807) is 0 Å². The van der Waals surface area contributed by atoms with Gasteiger partial charge in [-0.25, -0.2) is 0 Å². The second-order valence-electron chi connectivity index (χ2n) is 4.97. The van der Waals surface area contributed by atoms with Crippen LogP contribution in [-0.4, -0.2) is 18.3 Å². The third kappa shape index (κ3) is 3.83. The van der Waals surface area contributed by atoms with Crippen LogP contribution in [0.5, 0.6) is 0 Å². The largest absolute Gasteiger partial charge is 0.396 e. The second kappa shape index (κ2) is 6.77. The van der Waals surface area contributed by atoms with E-state index in [4.69, 9.17) is 5.73 Å². The number of nitrogens with two attached hydrogens (primary N) is 1. The smallest absolute Gasteiger partial charge is 0.0471 e. The summed E-state index contributed by atoms with van der Waals surface area (Å²) in [4.78, 5) is 0. The Morgan fingerprint density at radius 3 is 2.41 bits per heavy atom. The zero-order chi connectivity index (χ0) is 12.8. The van der Waals surface area contributed by atoms with Crippen molar-refractivity contribution in [2.75, 3.05) is 13.2 Å². The van der Waals surface area contributed by atoms with E-state index in [1.807, 2.05) is 0 Å². The van der Waals surface area contributed by atoms with Crippen LogP contribution < -0.4 is 5.73 Å². The molecule has 3 N–H and O–H groups in total. The molecule has 96 valence electrons. The van der Waals surface area contributed by atoms with Crippen molar-refractivity contribution in [1.82, 2.24) is 0 Å². The standard InChI is InChI=1S/C15H25NO/c1-4-14(8-13(9-16)10-17)15-6-5-11(2)12(3)7-15/h5-7,13-14,17H,4,8-10,16H2,1-3H3. The Hall–Kier alpha value is -0.860. The molecule has 0 aromatic heterocycles. The SMILES string of the molecule is CCC(CC(CN)CO)c1ccc(C)c(C)c1. The Morgan fingerprint density at radius 2 is 1.94 bits per heavy atom. The van der Waals surface area contributed by atoms with Gasteiger partial charge < -0.3 is 10.8 Å². The quantitative estimate of drug-likeness (QED) is 0.796. The summed E-state index contributed by atoms with van der Waals surface area (Å²) < 4.78 is 0. The molecule has 0 aliphatic heterocycles. The van der Waals surface area contributed by atoms with Gasteiger partial charge in [0, 0.05) is 6.61 Å². The molecule has 0 heterocycles. The zero-order valence-corrected chi connectivity index (χ0v) is 11.2. The topological polar surface area (TPSA) is 46.2 Å². The van der Waals surface area contributed by atoms with Gasteiger partial charge in [0.2, 0.25) is 0 Å². The van der Waals surface area contributed by atoms with Gasteiger partial charge in [0.1, 0.15) is 0 Å². The third-order valence-corrected chi connectivity index (χ3v) is 3.70. The number of rotatable bonds is 6. The van der Waals surface area contributed by atoms with Crippen molar-refractivity contribution in [2.24, 2.45) is 11.7 Å². The van der Waals surface area contributed by atoms with E-state index < -0.39 is 0 Å². The average Bonchev–Trinajstić information content (AvgIpc) is 2.35. The average molecular weight is 235 g/mol. The van der Waals surface area contributed by atoms with Gasteiger partial charge in [-0.3, -0.25) is 0 Å². The van der Waals surface area contributed by atoms with Gasteiger partial charge in [-0.05, 0) is 61.8 Å². The number of aliphatic hydroxyl groups is 1. The molecular weight excluding hydrogens is 210 g/mol. The Bertz CT molecular complexity index is 345. The maximum absolute atomic E-state index is 9.24. The minimum Gasteiger partial charge on any atom is -0.396 e. The number of benzene rings is 1. The van der Waals surface area contributed by atoms with Crippen LogP contribution in [0.15, 0.2) is 18.2 Å². The Kier molecular flexibility index (Phi) is 5.66. The van der Waals surface area contributed by atoms with Crippen LogP contribution in [-0.2, 0) is 0 Å². The lowest BCUT2D eigenvalue weighted by atomic mass is 9.86. The summed E-state index contributed by atoms with van der Waals surface area (Å²) >= 11 is 0. The second-order valence-corrected chi connectivity index (χ2v) is 4.97. The van der Waals surface area contributed by atoms with Crippen LogP contribution in [0, 0.1) is 19.8 Å². The van der Waals surface area contributed by atoms with Crippen molar-refractivity contribution in [3.63, 3.8) is 0 Å². The Morgan fingerprint density at radius 1 is 1.24 bits per heavy atom. The molecule has 0 saturated carbocycles. The molecule has 0 spiro atoms. The molecule has 0 aliphatic rings. The highest BCUT2D eigenvalue weighted by molar-refractivity contribution is 5.32. The third-order valence-electron chi connectivity index (χ3n) is 3.70. The van der Waals surface area contributed by atoms with Crippen molar-refractivity contribution in [3.05, 3.63) is 34.9 Å². The predicted octanol–water partition coefficient (Wildman–Crippen LogP) is 2.75. The molecule has 2 unspecified atom stereocenters. The van der Waals surface area contributed by atoms with Gasteiger partial charge in [-0.15, -0.1) is 0 Å². The molecule has 2 atom stereocenters. The number of hydrogen-bond donors (Lipinski definition) is 2. The summed E-state index contributed by atoms with van der Waals surface area (Å²) in [5.41, 5.74) is 9.71. The molecule has 0 radical (unpaired) electrons. The summed E-state index contributed by atoms with van der Waals surface area (Å²) in [6.07, 6.45) is 2.07. The van der Waals surface area contributed by atoms with E-state index in [9.17, 15) is 5.11 Å². The van der Waals surface area contributed by atoms with E-state index >= 15 is 0 Å². The molecule has 17 heavy (non-hydrogen) atoms. The van der Waals surface area contributed by atoms with Crippen LogP contribution in [0.1, 0.15) is 42.4 Å². The number of hydrogen-bond acceptors (Lipinski definition) is 2. The van der Waals surface area contributed by atoms with Crippen molar-refractivity contribution < 1.29 is 5.11 Å². The van der Waals surface area contributed by atoms with Crippen LogP contribution in [0.25, 0.3) is 0 Å². The van der Waals surface area contributed by atoms with Crippen molar-refractivity contribution in [3.8, 4) is 0 Å². The monoisotopic (exact) mass is 235 g/mol. The number of aryl methyl sites for hydroxylation is 2. The fourth-order valence-electron chi connectivity index (χ4n) is 2.20. The van der Waals surface area contributed by atoms with E-state index in [0.717, 1.165) is 12.8 Å². The highest BCUT2D eigenvalue weighted by atomic mass is 16.3. The highest BCUT2D eigenvalue weighted by Gasteiger charge is 2.15. The summed E-state index contributed by atoms with van der Waals surface area (Å²) in [7, 11) is 0. The molecule has 1 aromatic carbocycles. The van der Waals surface area contributed by atoms with Gasteiger partial charge in [-0.1, -0.05) is 25.1 Å². The Balaban J connectivity index is 2.82. The minimum atomic E-state index is 0.192. The summed E-state index contributed by atoms with van der Waals surface area (Å²) in [5, 5.41) is 9.24. The lowest BCUT2D eigenvalue weighted by Gasteiger charge is -2.21. The van der Waals surface area contributed by atoms with Crippen molar-refractivity contribution in [1.29, 1.82) is 0 Å². The summed E-state index contributed by atoms with van der Waals surface area (Å²) in [5.74, 6) is 0.733. The summed E-state index contributed by atoms with van der Waals surface area (Å²) in [6, 6.07) is 6.67. The molecule has 2 heteroatoms. The van der Waals surface area contributed by atoms with Crippen molar-refractivity contribution >= 4 is 0 Å². The zero-order valence-electron chi connectivity index (χ0n) is 11.2. The molecule has 0 fully saturated rings. The van der Waals surface area contributed by atoms with Crippen LogP contribution in [0.3, 0.4) is 0 Å². The fraction of sp³-hybridized carbons (Fsp3) is 0.600. The Labute approximate surface area is 105 Å². The highest BCUT2D eigenvalue weighted by Crippen LogP contribution is 2.28. The lowest BCUT2D eigenvalue weighted by molar-refractivity contribution is 0.214. The summed E-state index contributed by atoms with van der Waals surface area (Å²) in [6.45, 7) is 7.25. The van der Waals surface area contributed by atoms with Gasteiger partial charge >= 0.3 is 0 Å². The molecule has 2 nitrogen and oxygen atoms in total. The lowest BCUT2D eigenvalue weighted by Crippen LogP contribution is -2.20. The van der Waals surface area contributed by atoms with Gasteiger partial charge in [0.15, 0.2) is 0 Å². The molecular formula is C15H25NO. The van der Waals surface area contributed by atoms with E-state index in [2.05, 4.69) is 39.0 Å². The predicted molar refractivity (Wildman–Crippen MR) is 73.2 cm³/mol. The molecule has 0 amide bonds. The first kappa shape index (κ1) is 14.2. The first-order valence-electron chi connectivity index (χ1n) is 6.50. The van der Waals surface area contributed by atoms with E-state index in [-0.39, 0.29) is 12.5 Å². The van der Waals surface area contributed by atoms with E-state index in [1.165, 1.54) is 16.7 Å². The maximum Gasteiger partial charge on any atom is 0.0471 e.